The molecule has 1 aromatic heterocycles. The van der Waals surface area contributed by atoms with E-state index in [0.29, 0.717) is 30.8 Å². The maximum atomic E-state index is 12.2. The Balaban J connectivity index is 1.81. The lowest BCUT2D eigenvalue weighted by Crippen LogP contribution is -2.35. The number of nitrogens with zero attached hydrogens (tertiary/aromatic N) is 1. The quantitative estimate of drug-likeness (QED) is 0.511. The van der Waals surface area contributed by atoms with Gasteiger partial charge in [-0.2, -0.15) is 0 Å². The van der Waals surface area contributed by atoms with E-state index in [1.807, 2.05) is 12.1 Å². The Labute approximate surface area is 141 Å². The zero-order chi connectivity index (χ0) is 17.2. The molecule has 2 amide bonds. The van der Waals surface area contributed by atoms with Crippen molar-refractivity contribution in [1.82, 2.24) is 15.6 Å². The van der Waals surface area contributed by atoms with Crippen LogP contribution >= 0.6 is 0 Å². The molecule has 6 nitrogen and oxygen atoms in total. The highest BCUT2D eigenvalue weighted by molar-refractivity contribution is 5.99. The molecule has 0 aliphatic rings. The molecule has 0 aliphatic carbocycles. The molecule has 2 aromatic rings. The second kappa shape index (κ2) is 9.09. The summed E-state index contributed by atoms with van der Waals surface area (Å²) in [5.74, 6) is -0.414. The third-order valence-corrected chi connectivity index (χ3v) is 3.23. The van der Waals surface area contributed by atoms with Crippen LogP contribution in [0.1, 0.15) is 20.7 Å². The van der Waals surface area contributed by atoms with E-state index in [4.69, 9.17) is 0 Å². The Kier molecular flexibility index (Phi) is 6.52. The number of hydrogen-bond acceptors (Lipinski definition) is 4. The predicted octanol–water partition coefficient (Wildman–Crippen LogP) is 1.84. The van der Waals surface area contributed by atoms with Crippen molar-refractivity contribution < 1.29 is 9.59 Å². The second-order valence-corrected chi connectivity index (χ2v) is 4.97. The standard InChI is InChI=1S/C18H20N4O2/c1-2-9-20-16-8-4-3-7-15(16)18(24)22-12-11-21-17(23)14-6-5-10-19-13-14/h2-8,10,13,20H,1,9,11-12H2,(H,21,23)(H,22,24). The molecule has 0 spiro atoms. The van der Waals surface area contributed by atoms with Crippen LogP contribution in [0, 0.1) is 0 Å². The SMILES string of the molecule is C=CCNc1ccccc1C(=O)NCCNC(=O)c1cccnc1. The number of carbonyl (C=O) groups excluding carboxylic acids is 2. The molecular formula is C18H20N4O2. The monoisotopic (exact) mass is 324 g/mol. The van der Waals surface area contributed by atoms with Gasteiger partial charge in [0, 0.05) is 37.7 Å². The third-order valence-electron chi connectivity index (χ3n) is 3.23. The summed E-state index contributed by atoms with van der Waals surface area (Å²) in [6.45, 7) is 4.89. The van der Waals surface area contributed by atoms with Gasteiger partial charge in [-0.1, -0.05) is 18.2 Å². The van der Waals surface area contributed by atoms with Crippen LogP contribution in [0.4, 0.5) is 5.69 Å². The van der Waals surface area contributed by atoms with E-state index in [-0.39, 0.29) is 11.8 Å². The van der Waals surface area contributed by atoms with Gasteiger partial charge in [0.2, 0.25) is 0 Å². The molecule has 3 N–H and O–H groups in total. The molecule has 0 radical (unpaired) electrons. The van der Waals surface area contributed by atoms with Crippen LogP contribution in [-0.2, 0) is 0 Å². The van der Waals surface area contributed by atoms with Crippen molar-refractivity contribution in [2.24, 2.45) is 0 Å². The van der Waals surface area contributed by atoms with Gasteiger partial charge in [0.05, 0.1) is 11.1 Å². The summed E-state index contributed by atoms with van der Waals surface area (Å²) in [7, 11) is 0. The molecule has 0 saturated heterocycles. The maximum Gasteiger partial charge on any atom is 0.253 e. The van der Waals surface area contributed by atoms with E-state index in [0.717, 1.165) is 5.69 Å². The van der Waals surface area contributed by atoms with Crippen molar-refractivity contribution in [1.29, 1.82) is 0 Å². The Morgan fingerprint density at radius 3 is 2.50 bits per heavy atom. The van der Waals surface area contributed by atoms with Gasteiger partial charge in [0.25, 0.3) is 11.8 Å². The van der Waals surface area contributed by atoms with Crippen molar-refractivity contribution in [2.45, 2.75) is 0 Å². The number of hydrogen-bond donors (Lipinski definition) is 3. The molecule has 1 heterocycles. The molecule has 24 heavy (non-hydrogen) atoms. The fourth-order valence-electron chi connectivity index (χ4n) is 2.06. The van der Waals surface area contributed by atoms with Crippen LogP contribution in [-0.4, -0.2) is 36.4 Å². The van der Waals surface area contributed by atoms with Gasteiger partial charge in [-0.3, -0.25) is 14.6 Å². The topological polar surface area (TPSA) is 83.1 Å². The number of amides is 2. The van der Waals surface area contributed by atoms with E-state index < -0.39 is 0 Å². The summed E-state index contributed by atoms with van der Waals surface area (Å²) in [5.41, 5.74) is 1.79. The largest absolute Gasteiger partial charge is 0.381 e. The molecule has 0 aliphatic heterocycles. The first-order valence-electron chi connectivity index (χ1n) is 7.62. The predicted molar refractivity (Wildman–Crippen MR) is 94.0 cm³/mol. The van der Waals surface area contributed by atoms with E-state index in [2.05, 4.69) is 27.5 Å². The highest BCUT2D eigenvalue weighted by Crippen LogP contribution is 2.14. The van der Waals surface area contributed by atoms with Gasteiger partial charge >= 0.3 is 0 Å². The normalized spacial score (nSPS) is 9.83. The summed E-state index contributed by atoms with van der Waals surface area (Å²) in [6, 6.07) is 10.6. The van der Waals surface area contributed by atoms with Gasteiger partial charge in [0.15, 0.2) is 0 Å². The van der Waals surface area contributed by atoms with Gasteiger partial charge in [-0.05, 0) is 24.3 Å². The first-order chi connectivity index (χ1) is 11.7. The summed E-state index contributed by atoms with van der Waals surface area (Å²) >= 11 is 0. The minimum absolute atomic E-state index is 0.196. The van der Waals surface area contributed by atoms with Gasteiger partial charge in [-0.25, -0.2) is 0 Å². The van der Waals surface area contributed by atoms with Crippen LogP contribution in [0.15, 0.2) is 61.4 Å². The number of para-hydroxylation sites is 1. The molecule has 124 valence electrons. The average Bonchev–Trinajstić information content (AvgIpc) is 2.64. The lowest BCUT2D eigenvalue weighted by molar-refractivity contribution is 0.0928. The molecule has 2 rings (SSSR count). The molecular weight excluding hydrogens is 304 g/mol. The van der Waals surface area contributed by atoms with E-state index in [9.17, 15) is 9.59 Å². The number of pyridine rings is 1. The molecule has 1 aromatic carbocycles. The Bertz CT molecular complexity index is 701. The Morgan fingerprint density at radius 2 is 1.79 bits per heavy atom. The molecule has 6 heteroatoms. The van der Waals surface area contributed by atoms with Gasteiger partial charge in [0.1, 0.15) is 0 Å². The maximum absolute atomic E-state index is 12.2. The van der Waals surface area contributed by atoms with Crippen LogP contribution in [0.25, 0.3) is 0 Å². The number of benzene rings is 1. The molecule has 0 fully saturated rings. The molecule has 0 atom stereocenters. The molecule has 0 unspecified atom stereocenters. The number of aromatic nitrogens is 1. The van der Waals surface area contributed by atoms with Crippen LogP contribution < -0.4 is 16.0 Å². The number of anilines is 1. The highest BCUT2D eigenvalue weighted by Gasteiger charge is 2.10. The molecule has 0 bridgehead atoms. The van der Waals surface area contributed by atoms with Crippen LogP contribution in [0.5, 0.6) is 0 Å². The van der Waals surface area contributed by atoms with Crippen molar-refractivity contribution in [2.75, 3.05) is 25.0 Å². The smallest absolute Gasteiger partial charge is 0.253 e. The van der Waals surface area contributed by atoms with Crippen LogP contribution in [0.3, 0.4) is 0 Å². The van der Waals surface area contributed by atoms with Crippen molar-refractivity contribution in [3.8, 4) is 0 Å². The number of carbonyl (C=O) groups is 2. The highest BCUT2D eigenvalue weighted by atomic mass is 16.2. The fraction of sp³-hybridized carbons (Fsp3) is 0.167. The van der Waals surface area contributed by atoms with E-state index in [1.165, 1.54) is 6.20 Å². The van der Waals surface area contributed by atoms with Crippen LogP contribution in [0.2, 0.25) is 0 Å². The zero-order valence-corrected chi connectivity index (χ0v) is 13.3. The minimum Gasteiger partial charge on any atom is -0.381 e. The van der Waals surface area contributed by atoms with E-state index in [1.54, 1.807) is 36.5 Å². The lowest BCUT2D eigenvalue weighted by atomic mass is 10.1. The van der Waals surface area contributed by atoms with Gasteiger partial charge < -0.3 is 16.0 Å². The summed E-state index contributed by atoms with van der Waals surface area (Å²) in [4.78, 5) is 28.0. The van der Waals surface area contributed by atoms with E-state index >= 15 is 0 Å². The summed E-state index contributed by atoms with van der Waals surface area (Å²) < 4.78 is 0. The zero-order valence-electron chi connectivity index (χ0n) is 13.3. The Morgan fingerprint density at radius 1 is 1.04 bits per heavy atom. The summed E-state index contributed by atoms with van der Waals surface area (Å²) in [5, 5.41) is 8.64. The first-order valence-corrected chi connectivity index (χ1v) is 7.62. The minimum atomic E-state index is -0.217. The third kappa shape index (κ3) is 4.95. The lowest BCUT2D eigenvalue weighted by Gasteiger charge is -2.11. The summed E-state index contributed by atoms with van der Waals surface area (Å²) in [6.07, 6.45) is 4.83. The second-order valence-electron chi connectivity index (χ2n) is 4.97. The fourth-order valence-corrected chi connectivity index (χ4v) is 2.06. The number of nitrogens with one attached hydrogen (secondary N) is 3. The first kappa shape index (κ1) is 17.2. The van der Waals surface area contributed by atoms with Crippen molar-refractivity contribution >= 4 is 17.5 Å². The number of rotatable bonds is 8. The average molecular weight is 324 g/mol. The van der Waals surface area contributed by atoms with Crippen molar-refractivity contribution in [3.05, 3.63) is 72.6 Å². The Hall–Kier alpha value is -3.15. The van der Waals surface area contributed by atoms with Gasteiger partial charge in [-0.15, -0.1) is 6.58 Å². The van der Waals surface area contributed by atoms with Crippen molar-refractivity contribution in [3.63, 3.8) is 0 Å². The molecule has 0 saturated carbocycles.